The molecule has 0 saturated heterocycles. The summed E-state index contributed by atoms with van der Waals surface area (Å²) in [4.78, 5) is 3.75. The summed E-state index contributed by atoms with van der Waals surface area (Å²) in [5.41, 5.74) is 1.39. The summed E-state index contributed by atoms with van der Waals surface area (Å²) >= 11 is 1.83. The molecule has 3 heteroatoms. The van der Waals surface area contributed by atoms with Crippen LogP contribution < -0.4 is 0 Å². The second-order valence-electron chi connectivity index (χ2n) is 3.22. The van der Waals surface area contributed by atoms with Crippen LogP contribution in [0, 0.1) is 0 Å². The van der Waals surface area contributed by atoms with E-state index in [9.17, 15) is 0 Å². The number of hydrogen-bond acceptors (Lipinski definition) is 3. The monoisotopic (exact) mass is 183 g/mol. The zero-order chi connectivity index (χ0) is 8.55. The highest BCUT2D eigenvalue weighted by Crippen LogP contribution is 2.31. The van der Waals surface area contributed by atoms with Gasteiger partial charge in [-0.15, -0.1) is 11.3 Å². The smallest absolute Gasteiger partial charge is 0.0959 e. The fourth-order valence-corrected chi connectivity index (χ4v) is 2.67. The van der Waals surface area contributed by atoms with Gasteiger partial charge in [0.05, 0.1) is 6.10 Å². The minimum absolute atomic E-state index is 0.282. The molecule has 0 spiro atoms. The Morgan fingerprint density at radius 3 is 3.25 bits per heavy atom. The van der Waals surface area contributed by atoms with E-state index in [4.69, 9.17) is 4.74 Å². The normalized spacial score (nSPS) is 24.0. The molecule has 1 aliphatic rings. The summed E-state index contributed by atoms with van der Waals surface area (Å²) in [5.74, 6) is 0. The van der Waals surface area contributed by atoms with Gasteiger partial charge in [-0.2, -0.15) is 0 Å². The molecule has 1 atom stereocenters. The third-order valence-corrected chi connectivity index (χ3v) is 3.22. The number of rotatable bonds is 1. The largest absolute Gasteiger partial charge is 0.375 e. The molecule has 1 unspecified atom stereocenters. The van der Waals surface area contributed by atoms with E-state index < -0.39 is 0 Å². The number of nitrogens with zero attached hydrogens (tertiary/aromatic N) is 1. The lowest BCUT2D eigenvalue weighted by Gasteiger charge is -2.28. The fourth-order valence-electron chi connectivity index (χ4n) is 1.66. The summed E-state index contributed by atoms with van der Waals surface area (Å²) < 4.78 is 5.41. The van der Waals surface area contributed by atoms with Gasteiger partial charge in [0.25, 0.3) is 0 Å². The first kappa shape index (κ1) is 8.23. The molecule has 0 aromatic carbocycles. The number of fused-ring (bicyclic) bond motifs is 1. The van der Waals surface area contributed by atoms with E-state index >= 15 is 0 Å². The summed E-state index contributed by atoms with van der Waals surface area (Å²) in [7, 11) is 3.92. The molecule has 0 radical (unpaired) electrons. The van der Waals surface area contributed by atoms with Crippen molar-refractivity contribution in [2.45, 2.75) is 12.6 Å². The number of hydrogen-bond donors (Lipinski definition) is 0. The zero-order valence-electron chi connectivity index (χ0n) is 7.41. The van der Waals surface area contributed by atoms with Crippen LogP contribution in [0.15, 0.2) is 11.4 Å². The lowest BCUT2D eigenvalue weighted by molar-refractivity contribution is 0.0591. The van der Waals surface area contributed by atoms with Crippen molar-refractivity contribution in [3.63, 3.8) is 0 Å². The SMILES string of the molecule is COC1CN(C)Cc2sccc21. The van der Waals surface area contributed by atoms with Gasteiger partial charge in [-0.3, -0.25) is 4.90 Å². The molecule has 0 N–H and O–H groups in total. The molecule has 12 heavy (non-hydrogen) atoms. The van der Waals surface area contributed by atoms with Crippen molar-refractivity contribution in [2.75, 3.05) is 20.7 Å². The van der Waals surface area contributed by atoms with Gasteiger partial charge in [0.15, 0.2) is 0 Å². The predicted octanol–water partition coefficient (Wildman–Crippen LogP) is 1.88. The van der Waals surface area contributed by atoms with Gasteiger partial charge >= 0.3 is 0 Å². The average Bonchev–Trinajstić information content (AvgIpc) is 2.50. The molecule has 2 rings (SSSR count). The first-order valence-electron chi connectivity index (χ1n) is 4.09. The van der Waals surface area contributed by atoms with Gasteiger partial charge in [-0.25, -0.2) is 0 Å². The highest BCUT2D eigenvalue weighted by molar-refractivity contribution is 7.10. The molecule has 0 bridgehead atoms. The molecule has 66 valence electrons. The molecule has 0 fully saturated rings. The lowest BCUT2D eigenvalue weighted by Crippen LogP contribution is -2.29. The summed E-state index contributed by atoms with van der Waals surface area (Å²) in [6.07, 6.45) is 0.282. The number of ether oxygens (including phenoxy) is 1. The van der Waals surface area contributed by atoms with Crippen molar-refractivity contribution in [1.29, 1.82) is 0 Å². The van der Waals surface area contributed by atoms with Crippen molar-refractivity contribution >= 4 is 11.3 Å². The van der Waals surface area contributed by atoms with E-state index in [0.717, 1.165) is 13.1 Å². The Morgan fingerprint density at radius 1 is 1.67 bits per heavy atom. The third-order valence-electron chi connectivity index (χ3n) is 2.30. The first-order chi connectivity index (χ1) is 5.81. The first-order valence-corrected chi connectivity index (χ1v) is 4.97. The highest BCUT2D eigenvalue weighted by atomic mass is 32.1. The van der Waals surface area contributed by atoms with Gasteiger partial charge < -0.3 is 4.74 Å². The van der Waals surface area contributed by atoms with Crippen LogP contribution in [0.2, 0.25) is 0 Å². The Balaban J connectivity index is 2.31. The molecule has 0 saturated carbocycles. The maximum absolute atomic E-state index is 5.41. The van der Waals surface area contributed by atoms with Crippen molar-refractivity contribution in [3.8, 4) is 0 Å². The number of methoxy groups -OCH3 is 1. The van der Waals surface area contributed by atoms with E-state index in [2.05, 4.69) is 23.4 Å². The molecular formula is C9H13NOS. The molecule has 2 heterocycles. The molecular weight excluding hydrogens is 170 g/mol. The van der Waals surface area contributed by atoms with Gasteiger partial charge in [-0.1, -0.05) is 0 Å². The van der Waals surface area contributed by atoms with Gasteiger partial charge in [0.2, 0.25) is 0 Å². The molecule has 1 aromatic rings. The minimum atomic E-state index is 0.282. The van der Waals surface area contributed by atoms with Crippen LogP contribution in [0.1, 0.15) is 16.5 Å². The van der Waals surface area contributed by atoms with Crippen LogP contribution >= 0.6 is 11.3 Å². The van der Waals surface area contributed by atoms with Crippen molar-refractivity contribution < 1.29 is 4.74 Å². The maximum Gasteiger partial charge on any atom is 0.0959 e. The van der Waals surface area contributed by atoms with Gasteiger partial charge in [0, 0.05) is 25.1 Å². The highest BCUT2D eigenvalue weighted by Gasteiger charge is 2.23. The Labute approximate surface area is 76.8 Å². The fraction of sp³-hybridized carbons (Fsp3) is 0.556. The Morgan fingerprint density at radius 2 is 2.50 bits per heavy atom. The topological polar surface area (TPSA) is 12.5 Å². The molecule has 0 aliphatic carbocycles. The van der Waals surface area contributed by atoms with Crippen LogP contribution in [-0.2, 0) is 11.3 Å². The Kier molecular flexibility index (Phi) is 2.17. The second-order valence-corrected chi connectivity index (χ2v) is 4.22. The maximum atomic E-state index is 5.41. The molecule has 0 amide bonds. The molecule has 2 nitrogen and oxygen atoms in total. The summed E-state index contributed by atoms with van der Waals surface area (Å²) in [6, 6.07) is 2.18. The number of thiophene rings is 1. The standard InChI is InChI=1S/C9H13NOS/c1-10-5-8(11-2)7-3-4-12-9(7)6-10/h3-4,8H,5-6H2,1-2H3. The minimum Gasteiger partial charge on any atom is -0.375 e. The van der Waals surface area contributed by atoms with Gasteiger partial charge in [-0.05, 0) is 24.1 Å². The van der Waals surface area contributed by atoms with Crippen molar-refractivity contribution in [3.05, 3.63) is 21.9 Å². The lowest BCUT2D eigenvalue weighted by atomic mass is 10.1. The quantitative estimate of drug-likeness (QED) is 0.659. The van der Waals surface area contributed by atoms with E-state index in [0.29, 0.717) is 0 Å². The van der Waals surface area contributed by atoms with Crippen molar-refractivity contribution in [2.24, 2.45) is 0 Å². The molecule has 1 aliphatic heterocycles. The summed E-state index contributed by atoms with van der Waals surface area (Å²) in [6.45, 7) is 2.09. The Bertz CT molecular complexity index is 271. The third kappa shape index (κ3) is 1.28. The van der Waals surface area contributed by atoms with Crippen molar-refractivity contribution in [1.82, 2.24) is 4.90 Å². The Hall–Kier alpha value is -0.380. The van der Waals surface area contributed by atoms with Crippen LogP contribution in [0.4, 0.5) is 0 Å². The van der Waals surface area contributed by atoms with E-state index in [-0.39, 0.29) is 6.10 Å². The van der Waals surface area contributed by atoms with Crippen LogP contribution in [0.3, 0.4) is 0 Å². The van der Waals surface area contributed by atoms with E-state index in [1.165, 1.54) is 10.4 Å². The van der Waals surface area contributed by atoms with E-state index in [1.54, 1.807) is 7.11 Å². The van der Waals surface area contributed by atoms with Crippen LogP contribution in [0.5, 0.6) is 0 Å². The number of likely N-dealkylation sites (N-methyl/N-ethyl adjacent to an activating group) is 1. The second kappa shape index (κ2) is 3.17. The van der Waals surface area contributed by atoms with Crippen LogP contribution in [0.25, 0.3) is 0 Å². The van der Waals surface area contributed by atoms with Gasteiger partial charge in [0.1, 0.15) is 0 Å². The van der Waals surface area contributed by atoms with Crippen LogP contribution in [-0.4, -0.2) is 25.6 Å². The molecule has 1 aromatic heterocycles. The predicted molar refractivity (Wildman–Crippen MR) is 50.4 cm³/mol. The average molecular weight is 183 g/mol. The zero-order valence-corrected chi connectivity index (χ0v) is 8.23. The summed E-state index contributed by atoms with van der Waals surface area (Å²) in [5, 5.41) is 2.15. The van der Waals surface area contributed by atoms with E-state index in [1.807, 2.05) is 11.3 Å².